The first kappa shape index (κ1) is 16.3. The minimum absolute atomic E-state index is 0.168. The largest absolute Gasteiger partial charge is 0.358 e. The molecule has 0 aliphatic heterocycles. The lowest BCUT2D eigenvalue weighted by molar-refractivity contribution is -0.132. The van der Waals surface area contributed by atoms with E-state index in [1.165, 1.54) is 0 Å². The third kappa shape index (κ3) is 3.35. The van der Waals surface area contributed by atoms with Gasteiger partial charge in [-0.1, -0.05) is 48.5 Å². The van der Waals surface area contributed by atoms with Crippen molar-refractivity contribution in [2.24, 2.45) is 0 Å². The number of carbonyl (C=O) groups excluding carboxylic acids is 1. The second-order valence-electron chi connectivity index (χ2n) is 6.55. The molecule has 0 aliphatic rings. The zero-order chi connectivity index (χ0) is 17.1. The summed E-state index contributed by atoms with van der Waals surface area (Å²) in [4.78, 5) is 18.3. The maximum absolute atomic E-state index is 13.0. The molecule has 124 valence electrons. The molecule has 1 aromatic heterocycles. The quantitative estimate of drug-likeness (QED) is 0.740. The molecule has 3 aromatic rings. The molecule has 0 atom stereocenters. The van der Waals surface area contributed by atoms with Crippen LogP contribution < -0.4 is 0 Å². The van der Waals surface area contributed by atoms with E-state index < -0.39 is 0 Å². The highest BCUT2D eigenvalue weighted by atomic mass is 16.2. The number of carbonyl (C=O) groups is 1. The van der Waals surface area contributed by atoms with E-state index in [1.54, 1.807) is 0 Å². The Labute approximate surface area is 143 Å². The minimum atomic E-state index is 0.168. The summed E-state index contributed by atoms with van der Waals surface area (Å²) in [6, 6.07) is 18.5. The van der Waals surface area contributed by atoms with E-state index >= 15 is 0 Å². The van der Waals surface area contributed by atoms with Crippen molar-refractivity contribution in [3.63, 3.8) is 0 Å². The van der Waals surface area contributed by atoms with E-state index in [0.29, 0.717) is 13.0 Å². The second kappa shape index (κ2) is 6.91. The van der Waals surface area contributed by atoms with Crippen LogP contribution in [-0.4, -0.2) is 21.8 Å². The van der Waals surface area contributed by atoms with Gasteiger partial charge in [0, 0.05) is 29.2 Å². The first-order valence-electron chi connectivity index (χ1n) is 8.46. The number of amides is 1. The van der Waals surface area contributed by atoms with Gasteiger partial charge in [-0.2, -0.15) is 0 Å². The number of benzene rings is 2. The van der Waals surface area contributed by atoms with Crippen LogP contribution in [0.1, 0.15) is 30.7 Å². The van der Waals surface area contributed by atoms with E-state index in [-0.39, 0.29) is 11.9 Å². The van der Waals surface area contributed by atoms with Crippen LogP contribution in [0.5, 0.6) is 0 Å². The van der Waals surface area contributed by atoms with Crippen LogP contribution in [0.4, 0.5) is 0 Å². The molecule has 0 bridgehead atoms. The summed E-state index contributed by atoms with van der Waals surface area (Å²) in [5.74, 6) is 0.168. The zero-order valence-electron chi connectivity index (χ0n) is 14.5. The van der Waals surface area contributed by atoms with Crippen LogP contribution in [-0.2, 0) is 17.8 Å². The lowest BCUT2D eigenvalue weighted by Gasteiger charge is -2.27. The molecule has 1 N–H and O–H groups in total. The van der Waals surface area contributed by atoms with Crippen molar-refractivity contribution in [1.82, 2.24) is 9.88 Å². The predicted molar refractivity (Wildman–Crippen MR) is 98.9 cm³/mol. The van der Waals surface area contributed by atoms with Gasteiger partial charge in [0.25, 0.3) is 0 Å². The summed E-state index contributed by atoms with van der Waals surface area (Å²) < 4.78 is 0. The van der Waals surface area contributed by atoms with Crippen molar-refractivity contribution in [1.29, 1.82) is 0 Å². The van der Waals surface area contributed by atoms with Gasteiger partial charge < -0.3 is 9.88 Å². The third-order valence-corrected chi connectivity index (χ3v) is 4.49. The van der Waals surface area contributed by atoms with Crippen molar-refractivity contribution in [3.8, 4) is 0 Å². The van der Waals surface area contributed by atoms with Gasteiger partial charge in [0.1, 0.15) is 0 Å². The highest BCUT2D eigenvalue weighted by Gasteiger charge is 2.20. The summed E-state index contributed by atoms with van der Waals surface area (Å²) >= 11 is 0. The fourth-order valence-electron chi connectivity index (χ4n) is 3.15. The number of para-hydroxylation sites is 1. The van der Waals surface area contributed by atoms with Crippen LogP contribution in [0.25, 0.3) is 10.9 Å². The summed E-state index contributed by atoms with van der Waals surface area (Å²) in [6.45, 7) is 6.84. The molecule has 0 unspecified atom stereocenters. The smallest absolute Gasteiger partial charge is 0.227 e. The molecular weight excluding hydrogens is 296 g/mol. The molecule has 1 heterocycles. The number of aromatic amines is 1. The number of H-pyrrole nitrogens is 1. The van der Waals surface area contributed by atoms with Gasteiger partial charge in [-0.3, -0.25) is 4.79 Å². The summed E-state index contributed by atoms with van der Waals surface area (Å²) in [7, 11) is 0. The number of nitrogens with one attached hydrogen (secondary N) is 1. The zero-order valence-corrected chi connectivity index (χ0v) is 14.5. The molecule has 0 fully saturated rings. The molecular formula is C21H24N2O. The first-order chi connectivity index (χ1) is 11.6. The maximum Gasteiger partial charge on any atom is 0.227 e. The van der Waals surface area contributed by atoms with Gasteiger partial charge in [0.05, 0.1) is 6.42 Å². The number of hydrogen-bond donors (Lipinski definition) is 1. The number of rotatable bonds is 5. The van der Waals surface area contributed by atoms with Crippen molar-refractivity contribution in [2.75, 3.05) is 0 Å². The van der Waals surface area contributed by atoms with Crippen LogP contribution in [0.3, 0.4) is 0 Å². The molecule has 3 rings (SSSR count). The van der Waals surface area contributed by atoms with Crippen LogP contribution in [0, 0.1) is 6.92 Å². The number of aryl methyl sites for hydroxylation is 1. The monoisotopic (exact) mass is 320 g/mol. The van der Waals surface area contributed by atoms with E-state index in [4.69, 9.17) is 0 Å². The van der Waals surface area contributed by atoms with Crippen molar-refractivity contribution in [2.45, 2.75) is 39.8 Å². The molecule has 3 nitrogen and oxygen atoms in total. The van der Waals surface area contributed by atoms with E-state index in [9.17, 15) is 4.79 Å². The fraction of sp³-hybridized carbons (Fsp3) is 0.286. The van der Waals surface area contributed by atoms with Crippen molar-refractivity contribution >= 4 is 16.8 Å². The van der Waals surface area contributed by atoms with Gasteiger partial charge in [-0.25, -0.2) is 0 Å². The van der Waals surface area contributed by atoms with Crippen LogP contribution in [0.2, 0.25) is 0 Å². The lowest BCUT2D eigenvalue weighted by atomic mass is 10.1. The summed E-state index contributed by atoms with van der Waals surface area (Å²) in [5.41, 5.74) is 4.44. The Morgan fingerprint density at radius 1 is 1.04 bits per heavy atom. The molecule has 3 heteroatoms. The van der Waals surface area contributed by atoms with Crippen LogP contribution >= 0.6 is 0 Å². The second-order valence-corrected chi connectivity index (χ2v) is 6.55. The Kier molecular flexibility index (Phi) is 4.70. The Hall–Kier alpha value is -2.55. The Morgan fingerprint density at radius 3 is 2.42 bits per heavy atom. The molecule has 0 saturated heterocycles. The number of aromatic nitrogens is 1. The Balaban J connectivity index is 1.84. The first-order valence-corrected chi connectivity index (χ1v) is 8.46. The number of nitrogens with zero attached hydrogens (tertiary/aromatic N) is 1. The Morgan fingerprint density at radius 2 is 1.71 bits per heavy atom. The van der Waals surface area contributed by atoms with Crippen molar-refractivity contribution < 1.29 is 4.79 Å². The Bertz CT molecular complexity index is 833. The van der Waals surface area contributed by atoms with Gasteiger partial charge in [0.15, 0.2) is 0 Å². The highest BCUT2D eigenvalue weighted by molar-refractivity contribution is 5.90. The topological polar surface area (TPSA) is 36.1 Å². The van der Waals surface area contributed by atoms with Gasteiger partial charge in [-0.15, -0.1) is 0 Å². The van der Waals surface area contributed by atoms with Gasteiger partial charge in [-0.05, 0) is 38.0 Å². The molecule has 0 aliphatic carbocycles. The number of hydrogen-bond acceptors (Lipinski definition) is 1. The average molecular weight is 320 g/mol. The summed E-state index contributed by atoms with van der Waals surface area (Å²) in [5, 5.41) is 1.15. The summed E-state index contributed by atoms with van der Waals surface area (Å²) in [6.07, 6.45) is 0.431. The molecule has 0 saturated carbocycles. The third-order valence-electron chi connectivity index (χ3n) is 4.49. The number of fused-ring (bicyclic) bond motifs is 1. The minimum Gasteiger partial charge on any atom is -0.358 e. The van der Waals surface area contributed by atoms with Crippen molar-refractivity contribution in [3.05, 3.63) is 71.4 Å². The van der Waals surface area contributed by atoms with E-state index in [2.05, 4.69) is 43.1 Å². The van der Waals surface area contributed by atoms with E-state index in [1.807, 2.05) is 42.2 Å². The van der Waals surface area contributed by atoms with Crippen LogP contribution in [0.15, 0.2) is 54.6 Å². The van der Waals surface area contributed by atoms with E-state index in [0.717, 1.165) is 27.7 Å². The normalized spacial score (nSPS) is 11.2. The molecule has 0 radical (unpaired) electrons. The average Bonchev–Trinajstić information content (AvgIpc) is 2.89. The van der Waals surface area contributed by atoms with Gasteiger partial charge >= 0.3 is 0 Å². The molecule has 0 spiro atoms. The predicted octanol–water partition coefficient (Wildman–Crippen LogP) is 4.46. The molecule has 2 aromatic carbocycles. The van der Waals surface area contributed by atoms with Gasteiger partial charge in [0.2, 0.25) is 5.91 Å². The molecule has 1 amide bonds. The highest BCUT2D eigenvalue weighted by Crippen LogP contribution is 2.23. The SMILES string of the molecule is Cc1[nH]c2ccccc2c1CC(=O)N(Cc1ccccc1)C(C)C. The lowest BCUT2D eigenvalue weighted by Crippen LogP contribution is -2.37. The molecule has 24 heavy (non-hydrogen) atoms. The standard InChI is InChI=1S/C21H24N2O/c1-15(2)23(14-17-9-5-4-6-10-17)21(24)13-19-16(3)22-20-12-8-7-11-18(19)20/h4-12,15,22H,13-14H2,1-3H3. The maximum atomic E-state index is 13.0. The fourth-order valence-corrected chi connectivity index (χ4v) is 3.15.